The van der Waals surface area contributed by atoms with Crippen LogP contribution in [0.4, 0.5) is 10.5 Å². The highest BCUT2D eigenvalue weighted by molar-refractivity contribution is 5.90. The molecule has 1 spiro atoms. The number of hydrogen-bond acceptors (Lipinski definition) is 3. The van der Waals surface area contributed by atoms with E-state index in [1.54, 1.807) is 11.8 Å². The van der Waals surface area contributed by atoms with Crippen molar-refractivity contribution in [1.29, 1.82) is 0 Å². The maximum absolute atomic E-state index is 12.7. The molecule has 1 aromatic rings. The summed E-state index contributed by atoms with van der Waals surface area (Å²) in [5.41, 5.74) is 1.88. The van der Waals surface area contributed by atoms with Crippen LogP contribution in [0.25, 0.3) is 0 Å². The van der Waals surface area contributed by atoms with Gasteiger partial charge in [-0.15, -0.1) is 0 Å². The fourth-order valence-electron chi connectivity index (χ4n) is 3.71. The minimum Gasteiger partial charge on any atom is -0.381 e. The second kappa shape index (κ2) is 7.44. The number of hydrogen-bond donors (Lipinski definition) is 1. The summed E-state index contributed by atoms with van der Waals surface area (Å²) in [6.07, 6.45) is 2.05. The predicted molar refractivity (Wildman–Crippen MR) is 96.3 cm³/mol. The number of carbonyl (C=O) groups excluding carboxylic acids is 2. The Morgan fingerprint density at radius 3 is 2.80 bits per heavy atom. The number of ether oxygens (including phenoxy) is 1. The van der Waals surface area contributed by atoms with Crippen LogP contribution in [0.1, 0.15) is 32.3 Å². The average Bonchev–Trinajstić information content (AvgIpc) is 3.24. The summed E-state index contributed by atoms with van der Waals surface area (Å²) in [6, 6.07) is 7.62. The molecule has 6 nitrogen and oxygen atoms in total. The van der Waals surface area contributed by atoms with Gasteiger partial charge in [0.25, 0.3) is 0 Å². The van der Waals surface area contributed by atoms with E-state index in [-0.39, 0.29) is 17.4 Å². The molecule has 0 bridgehead atoms. The number of carbonyl (C=O) groups is 2. The van der Waals surface area contributed by atoms with E-state index in [4.69, 9.17) is 4.74 Å². The third-order valence-corrected chi connectivity index (χ3v) is 5.36. The number of amides is 3. The Morgan fingerprint density at radius 2 is 2.12 bits per heavy atom. The van der Waals surface area contributed by atoms with Gasteiger partial charge in [-0.25, -0.2) is 4.79 Å². The second-order valence-electron chi connectivity index (χ2n) is 7.09. The van der Waals surface area contributed by atoms with Crippen molar-refractivity contribution in [1.82, 2.24) is 9.80 Å². The summed E-state index contributed by atoms with van der Waals surface area (Å²) in [4.78, 5) is 28.0. The number of anilines is 1. The standard InChI is InChI=1S/C19H27N3O3/c1-3-21(15(2)23)12-16-6-4-5-7-17(16)20-18(24)22-10-8-19(13-22)9-11-25-14-19/h4-7H,3,8-14H2,1-2H3,(H,20,24). The molecular weight excluding hydrogens is 318 g/mol. The Labute approximate surface area is 149 Å². The Kier molecular flexibility index (Phi) is 5.27. The number of nitrogens with one attached hydrogen (secondary N) is 1. The summed E-state index contributed by atoms with van der Waals surface area (Å²) in [5, 5.41) is 3.04. The van der Waals surface area contributed by atoms with Crippen molar-refractivity contribution in [2.45, 2.75) is 33.2 Å². The fourth-order valence-corrected chi connectivity index (χ4v) is 3.71. The molecule has 1 atom stereocenters. The van der Waals surface area contributed by atoms with E-state index < -0.39 is 0 Å². The number of benzene rings is 1. The van der Waals surface area contributed by atoms with Gasteiger partial charge in [-0.05, 0) is 31.4 Å². The summed E-state index contributed by atoms with van der Waals surface area (Å²) in [7, 11) is 0. The molecule has 0 radical (unpaired) electrons. The van der Waals surface area contributed by atoms with Crippen LogP contribution in [0.3, 0.4) is 0 Å². The van der Waals surface area contributed by atoms with Crippen LogP contribution in [-0.4, -0.2) is 54.6 Å². The lowest BCUT2D eigenvalue weighted by Crippen LogP contribution is -2.36. The maximum atomic E-state index is 12.7. The molecule has 1 N–H and O–H groups in total. The molecule has 25 heavy (non-hydrogen) atoms. The molecule has 2 saturated heterocycles. The molecule has 0 aliphatic carbocycles. The summed E-state index contributed by atoms with van der Waals surface area (Å²) < 4.78 is 5.53. The molecule has 2 aliphatic rings. The zero-order chi connectivity index (χ0) is 17.9. The van der Waals surface area contributed by atoms with Crippen molar-refractivity contribution < 1.29 is 14.3 Å². The first kappa shape index (κ1) is 17.7. The highest BCUT2D eigenvalue weighted by Gasteiger charge is 2.42. The molecule has 1 aromatic carbocycles. The van der Waals surface area contributed by atoms with Crippen LogP contribution in [-0.2, 0) is 16.1 Å². The van der Waals surface area contributed by atoms with Crippen LogP contribution < -0.4 is 5.32 Å². The van der Waals surface area contributed by atoms with E-state index in [1.807, 2.05) is 36.1 Å². The Hall–Kier alpha value is -2.08. The third kappa shape index (κ3) is 3.95. The van der Waals surface area contributed by atoms with Gasteiger partial charge in [0.2, 0.25) is 5.91 Å². The highest BCUT2D eigenvalue weighted by atomic mass is 16.5. The Balaban J connectivity index is 1.66. The van der Waals surface area contributed by atoms with Crippen LogP contribution in [0.5, 0.6) is 0 Å². The SMILES string of the molecule is CCN(Cc1ccccc1NC(=O)N1CCC2(CCOC2)C1)C(C)=O. The van der Waals surface area contributed by atoms with Crippen LogP contribution in [0.2, 0.25) is 0 Å². The zero-order valence-electron chi connectivity index (χ0n) is 15.1. The van der Waals surface area contributed by atoms with Gasteiger partial charge in [-0.1, -0.05) is 18.2 Å². The number of rotatable bonds is 4. The van der Waals surface area contributed by atoms with Crippen molar-refractivity contribution in [2.75, 3.05) is 38.2 Å². The van der Waals surface area contributed by atoms with Crippen molar-refractivity contribution in [3.05, 3.63) is 29.8 Å². The van der Waals surface area contributed by atoms with Crippen LogP contribution in [0, 0.1) is 5.41 Å². The molecule has 6 heteroatoms. The molecule has 3 amide bonds. The minimum atomic E-state index is -0.0675. The number of urea groups is 1. The number of likely N-dealkylation sites (tertiary alicyclic amines) is 1. The molecule has 0 aromatic heterocycles. The van der Waals surface area contributed by atoms with Gasteiger partial charge in [-0.2, -0.15) is 0 Å². The van der Waals surface area contributed by atoms with Crippen molar-refractivity contribution in [3.63, 3.8) is 0 Å². The average molecular weight is 345 g/mol. The van der Waals surface area contributed by atoms with Crippen molar-refractivity contribution >= 4 is 17.6 Å². The molecule has 2 heterocycles. The lowest BCUT2D eigenvalue weighted by molar-refractivity contribution is -0.129. The monoisotopic (exact) mass is 345 g/mol. The predicted octanol–water partition coefficient (Wildman–Crippen LogP) is 2.70. The maximum Gasteiger partial charge on any atom is 0.321 e. The molecule has 0 saturated carbocycles. The van der Waals surface area contributed by atoms with Crippen molar-refractivity contribution in [3.8, 4) is 0 Å². The normalized spacial score (nSPS) is 22.4. The first-order chi connectivity index (χ1) is 12.0. The van der Waals surface area contributed by atoms with E-state index in [1.165, 1.54) is 0 Å². The highest BCUT2D eigenvalue weighted by Crippen LogP contribution is 2.38. The van der Waals surface area contributed by atoms with E-state index in [0.29, 0.717) is 13.1 Å². The van der Waals surface area contributed by atoms with E-state index in [2.05, 4.69) is 5.32 Å². The quantitative estimate of drug-likeness (QED) is 0.913. The van der Waals surface area contributed by atoms with Gasteiger partial charge in [0.05, 0.1) is 6.61 Å². The number of nitrogens with zero attached hydrogens (tertiary/aromatic N) is 2. The van der Waals surface area contributed by atoms with Gasteiger partial charge in [0.1, 0.15) is 0 Å². The lowest BCUT2D eigenvalue weighted by Gasteiger charge is -2.24. The summed E-state index contributed by atoms with van der Waals surface area (Å²) in [6.45, 7) is 7.76. The fraction of sp³-hybridized carbons (Fsp3) is 0.579. The van der Waals surface area contributed by atoms with Gasteiger partial charge in [0, 0.05) is 50.8 Å². The molecule has 2 aliphatic heterocycles. The first-order valence-corrected chi connectivity index (χ1v) is 9.00. The van der Waals surface area contributed by atoms with Gasteiger partial charge in [0.15, 0.2) is 0 Å². The second-order valence-corrected chi connectivity index (χ2v) is 7.09. The number of para-hydroxylation sites is 1. The molecule has 136 valence electrons. The smallest absolute Gasteiger partial charge is 0.321 e. The molecule has 3 rings (SSSR count). The topological polar surface area (TPSA) is 61.9 Å². The lowest BCUT2D eigenvalue weighted by atomic mass is 9.87. The van der Waals surface area contributed by atoms with Crippen LogP contribution in [0.15, 0.2) is 24.3 Å². The first-order valence-electron chi connectivity index (χ1n) is 9.00. The van der Waals surface area contributed by atoms with Crippen LogP contribution >= 0.6 is 0 Å². The Morgan fingerprint density at radius 1 is 1.32 bits per heavy atom. The van der Waals surface area contributed by atoms with E-state index in [0.717, 1.165) is 50.4 Å². The molecular formula is C19H27N3O3. The zero-order valence-corrected chi connectivity index (χ0v) is 15.1. The molecule has 2 fully saturated rings. The summed E-state index contributed by atoms with van der Waals surface area (Å²) in [5.74, 6) is 0.0337. The summed E-state index contributed by atoms with van der Waals surface area (Å²) >= 11 is 0. The van der Waals surface area contributed by atoms with E-state index in [9.17, 15) is 9.59 Å². The van der Waals surface area contributed by atoms with Gasteiger partial charge < -0.3 is 19.9 Å². The van der Waals surface area contributed by atoms with E-state index >= 15 is 0 Å². The van der Waals surface area contributed by atoms with Gasteiger partial charge in [-0.3, -0.25) is 4.79 Å². The molecule has 1 unspecified atom stereocenters. The minimum absolute atomic E-state index is 0.0337. The Bertz CT molecular complexity index is 641. The van der Waals surface area contributed by atoms with Crippen molar-refractivity contribution in [2.24, 2.45) is 5.41 Å². The van der Waals surface area contributed by atoms with Gasteiger partial charge >= 0.3 is 6.03 Å². The largest absolute Gasteiger partial charge is 0.381 e. The third-order valence-electron chi connectivity index (χ3n) is 5.36.